The summed E-state index contributed by atoms with van der Waals surface area (Å²) in [4.78, 5) is 0.281. The molecule has 28 heavy (non-hydrogen) atoms. The predicted molar refractivity (Wildman–Crippen MR) is 105 cm³/mol. The number of hydrogen-bond donors (Lipinski definition) is 0. The van der Waals surface area contributed by atoms with E-state index in [1.807, 2.05) is 37.4 Å². The van der Waals surface area contributed by atoms with Gasteiger partial charge in [-0.2, -0.15) is 4.31 Å². The molecule has 2 heterocycles. The van der Waals surface area contributed by atoms with Crippen LogP contribution in [0.3, 0.4) is 0 Å². The van der Waals surface area contributed by atoms with Crippen LogP contribution in [-0.2, 0) is 10.0 Å². The minimum atomic E-state index is -3.52. The highest BCUT2D eigenvalue weighted by molar-refractivity contribution is 7.89. The molecule has 0 amide bonds. The van der Waals surface area contributed by atoms with Gasteiger partial charge in [-0.25, -0.2) is 13.1 Å². The summed E-state index contributed by atoms with van der Waals surface area (Å²) < 4.78 is 35.0. The minimum Gasteiger partial charge on any atom is -0.457 e. The molecule has 3 aromatic rings. The summed E-state index contributed by atoms with van der Waals surface area (Å²) in [6, 6.07) is 14.5. The molecule has 0 unspecified atom stereocenters. The third-order valence-corrected chi connectivity index (χ3v) is 6.84. The van der Waals surface area contributed by atoms with Gasteiger partial charge in [0.15, 0.2) is 0 Å². The number of ether oxygens (including phenoxy) is 1. The predicted octanol–water partition coefficient (Wildman–Crippen LogP) is 3.40. The maximum atomic E-state index is 12.9. The molecule has 1 aromatic heterocycles. The van der Waals surface area contributed by atoms with Gasteiger partial charge in [0, 0.05) is 19.3 Å². The summed E-state index contributed by atoms with van der Waals surface area (Å²) in [5, 5.41) is 7.84. The Labute approximate surface area is 164 Å². The first kappa shape index (κ1) is 18.6. The van der Waals surface area contributed by atoms with Gasteiger partial charge in [-0.3, -0.25) is 0 Å². The molecule has 7 nitrogen and oxygen atoms in total. The highest BCUT2D eigenvalue weighted by Gasteiger charge is 2.30. The van der Waals surface area contributed by atoms with Crippen LogP contribution in [0.15, 0.2) is 65.8 Å². The number of benzene rings is 2. The molecule has 0 spiro atoms. The molecule has 8 heteroatoms. The molecule has 0 N–H and O–H groups in total. The van der Waals surface area contributed by atoms with Crippen molar-refractivity contribution in [2.45, 2.75) is 30.7 Å². The average Bonchev–Trinajstić information content (AvgIpc) is 3.23. The Hall–Kier alpha value is -2.71. The van der Waals surface area contributed by atoms with Crippen LogP contribution < -0.4 is 4.74 Å². The fraction of sp³-hybridized carbons (Fsp3) is 0.300. The Balaban J connectivity index is 1.43. The second-order valence-electron chi connectivity index (χ2n) is 6.91. The van der Waals surface area contributed by atoms with E-state index in [0.29, 0.717) is 18.8 Å². The second kappa shape index (κ2) is 7.73. The molecule has 0 aliphatic carbocycles. The number of nitrogens with zero attached hydrogens (tertiary/aromatic N) is 4. The molecule has 0 saturated carbocycles. The average molecular weight is 398 g/mol. The molecular weight excluding hydrogens is 376 g/mol. The Morgan fingerprint density at radius 3 is 2.43 bits per heavy atom. The van der Waals surface area contributed by atoms with Crippen LogP contribution in [0.1, 0.15) is 24.4 Å². The number of rotatable bonds is 5. The molecule has 0 atom stereocenters. The molecule has 4 rings (SSSR count). The van der Waals surface area contributed by atoms with Crippen molar-refractivity contribution in [3.8, 4) is 11.5 Å². The lowest BCUT2D eigenvalue weighted by atomic mass is 10.1. The number of aromatic nitrogens is 3. The van der Waals surface area contributed by atoms with Gasteiger partial charge in [0.05, 0.1) is 17.1 Å². The molecular formula is C20H22N4O3S. The van der Waals surface area contributed by atoms with E-state index < -0.39 is 10.0 Å². The van der Waals surface area contributed by atoms with Gasteiger partial charge in [-0.05, 0) is 61.7 Å². The smallest absolute Gasteiger partial charge is 0.243 e. The fourth-order valence-corrected chi connectivity index (χ4v) is 4.87. The fourth-order valence-electron chi connectivity index (χ4n) is 3.40. The lowest BCUT2D eigenvalue weighted by Crippen LogP contribution is -2.39. The molecule has 0 bridgehead atoms. The van der Waals surface area contributed by atoms with Crippen LogP contribution in [0.2, 0.25) is 0 Å². The van der Waals surface area contributed by atoms with Gasteiger partial charge in [0.1, 0.15) is 11.5 Å². The topological polar surface area (TPSA) is 77.3 Å². The lowest BCUT2D eigenvalue weighted by Gasteiger charge is -2.31. The number of hydrogen-bond acceptors (Lipinski definition) is 5. The van der Waals surface area contributed by atoms with E-state index in [0.717, 1.165) is 24.2 Å². The summed E-state index contributed by atoms with van der Waals surface area (Å²) in [6.45, 7) is 2.93. The Bertz CT molecular complexity index is 1030. The van der Waals surface area contributed by atoms with E-state index >= 15 is 0 Å². The van der Waals surface area contributed by atoms with Crippen LogP contribution in [0.4, 0.5) is 0 Å². The van der Waals surface area contributed by atoms with Gasteiger partial charge < -0.3 is 4.74 Å². The van der Waals surface area contributed by atoms with Gasteiger partial charge in [0.25, 0.3) is 0 Å². The van der Waals surface area contributed by atoms with E-state index in [-0.39, 0.29) is 10.9 Å². The summed E-state index contributed by atoms with van der Waals surface area (Å²) in [5.41, 5.74) is 1.10. The first-order chi connectivity index (χ1) is 13.5. The third kappa shape index (κ3) is 3.93. The highest BCUT2D eigenvalue weighted by Crippen LogP contribution is 2.28. The quantitative estimate of drug-likeness (QED) is 0.658. The summed E-state index contributed by atoms with van der Waals surface area (Å²) in [5.74, 6) is 1.33. The van der Waals surface area contributed by atoms with E-state index in [1.165, 1.54) is 4.31 Å². The molecule has 146 valence electrons. The molecule has 1 saturated heterocycles. The maximum Gasteiger partial charge on any atom is 0.243 e. The van der Waals surface area contributed by atoms with Crippen LogP contribution in [-0.4, -0.2) is 40.8 Å². The number of piperidine rings is 1. The Kier molecular flexibility index (Phi) is 5.15. The van der Waals surface area contributed by atoms with Crippen LogP contribution in [0.25, 0.3) is 0 Å². The zero-order valence-electron chi connectivity index (χ0n) is 15.6. The van der Waals surface area contributed by atoms with Crippen molar-refractivity contribution in [3.05, 3.63) is 66.5 Å². The van der Waals surface area contributed by atoms with Crippen molar-refractivity contribution in [2.24, 2.45) is 0 Å². The van der Waals surface area contributed by atoms with E-state index in [9.17, 15) is 8.42 Å². The van der Waals surface area contributed by atoms with Gasteiger partial charge >= 0.3 is 0 Å². The van der Waals surface area contributed by atoms with E-state index in [2.05, 4.69) is 10.3 Å². The van der Waals surface area contributed by atoms with Gasteiger partial charge in [-0.15, -0.1) is 5.10 Å². The van der Waals surface area contributed by atoms with Crippen LogP contribution in [0.5, 0.6) is 11.5 Å². The van der Waals surface area contributed by atoms with E-state index in [1.54, 1.807) is 35.1 Å². The zero-order valence-corrected chi connectivity index (χ0v) is 16.4. The van der Waals surface area contributed by atoms with Crippen LogP contribution >= 0.6 is 0 Å². The number of aryl methyl sites for hydroxylation is 1. The third-order valence-electron chi connectivity index (χ3n) is 4.93. The lowest BCUT2D eigenvalue weighted by molar-refractivity contribution is 0.258. The Morgan fingerprint density at radius 2 is 1.79 bits per heavy atom. The standard InChI is InChI=1S/C20H22N4O3S/c1-16-3-2-4-19(15-16)27-18-5-7-20(8-6-18)28(25,26)23-12-9-17(10-13-23)24-14-11-21-22-24/h2-8,11,14-15,17H,9-10,12-13H2,1H3. The molecule has 1 aliphatic heterocycles. The first-order valence-electron chi connectivity index (χ1n) is 9.23. The maximum absolute atomic E-state index is 12.9. The molecule has 0 radical (unpaired) electrons. The zero-order chi connectivity index (χ0) is 19.6. The van der Waals surface area contributed by atoms with Crippen molar-refractivity contribution >= 4 is 10.0 Å². The summed E-state index contributed by atoms with van der Waals surface area (Å²) in [7, 11) is -3.52. The van der Waals surface area contributed by atoms with E-state index in [4.69, 9.17) is 4.74 Å². The second-order valence-corrected chi connectivity index (χ2v) is 8.85. The molecule has 2 aromatic carbocycles. The minimum absolute atomic E-state index is 0.194. The number of sulfonamides is 1. The normalized spacial score (nSPS) is 16.2. The van der Waals surface area contributed by atoms with Crippen LogP contribution in [0, 0.1) is 6.92 Å². The highest BCUT2D eigenvalue weighted by atomic mass is 32.2. The van der Waals surface area contributed by atoms with Crippen molar-refractivity contribution in [3.63, 3.8) is 0 Å². The van der Waals surface area contributed by atoms with Crippen molar-refractivity contribution in [1.29, 1.82) is 0 Å². The van der Waals surface area contributed by atoms with Crippen molar-refractivity contribution < 1.29 is 13.2 Å². The van der Waals surface area contributed by atoms with Gasteiger partial charge in [-0.1, -0.05) is 17.3 Å². The largest absolute Gasteiger partial charge is 0.457 e. The summed E-state index contributed by atoms with van der Waals surface area (Å²) in [6.07, 6.45) is 4.90. The van der Waals surface area contributed by atoms with Crippen molar-refractivity contribution in [1.82, 2.24) is 19.3 Å². The first-order valence-corrected chi connectivity index (χ1v) is 10.7. The van der Waals surface area contributed by atoms with Gasteiger partial charge in [0.2, 0.25) is 10.0 Å². The monoisotopic (exact) mass is 398 g/mol. The Morgan fingerprint density at radius 1 is 1.04 bits per heavy atom. The summed E-state index contributed by atoms with van der Waals surface area (Å²) >= 11 is 0. The molecule has 1 fully saturated rings. The molecule has 1 aliphatic rings. The van der Waals surface area contributed by atoms with Crippen molar-refractivity contribution in [2.75, 3.05) is 13.1 Å². The SMILES string of the molecule is Cc1cccc(Oc2ccc(S(=O)(=O)N3CCC(n4ccnn4)CC3)cc2)c1.